The SMILES string of the molecule is CC1C=CC2=C(C1)N(C)C(=O)C(NC(=O)CCC1(C)C=CC=CC1)N=C2N(C)C1CCCCC1. The zero-order chi connectivity index (χ0) is 24.3. The van der Waals surface area contributed by atoms with Gasteiger partial charge in [0.2, 0.25) is 12.1 Å². The third kappa shape index (κ3) is 5.37. The monoisotopic (exact) mass is 464 g/mol. The van der Waals surface area contributed by atoms with Crippen LogP contribution in [0.5, 0.6) is 0 Å². The Labute approximate surface area is 204 Å². The first-order valence-corrected chi connectivity index (χ1v) is 12.9. The summed E-state index contributed by atoms with van der Waals surface area (Å²) in [6, 6.07) is 0.412. The van der Waals surface area contributed by atoms with Gasteiger partial charge in [0.25, 0.3) is 5.91 Å². The van der Waals surface area contributed by atoms with E-state index in [0.29, 0.717) is 18.4 Å². The van der Waals surface area contributed by atoms with Crippen LogP contribution in [0.15, 0.2) is 52.7 Å². The minimum Gasteiger partial charge on any atom is -0.356 e. The highest BCUT2D eigenvalue weighted by Gasteiger charge is 2.36. The number of hydrogen-bond donors (Lipinski definition) is 1. The lowest BCUT2D eigenvalue weighted by molar-refractivity contribution is -0.134. The van der Waals surface area contributed by atoms with Crippen molar-refractivity contribution in [1.29, 1.82) is 0 Å². The summed E-state index contributed by atoms with van der Waals surface area (Å²) in [5, 5.41) is 2.97. The fourth-order valence-electron chi connectivity index (χ4n) is 5.52. The highest BCUT2D eigenvalue weighted by Crippen LogP contribution is 2.33. The van der Waals surface area contributed by atoms with Crippen molar-refractivity contribution >= 4 is 17.6 Å². The van der Waals surface area contributed by atoms with Crippen molar-refractivity contribution in [3.05, 3.63) is 47.7 Å². The zero-order valence-corrected chi connectivity index (χ0v) is 21.2. The van der Waals surface area contributed by atoms with Crippen LogP contribution in [0.4, 0.5) is 0 Å². The normalized spacial score (nSPS) is 29.6. The topological polar surface area (TPSA) is 65.0 Å². The van der Waals surface area contributed by atoms with Gasteiger partial charge in [-0.15, -0.1) is 0 Å². The minimum absolute atomic E-state index is 0.0203. The molecular formula is C28H40N4O2. The zero-order valence-electron chi connectivity index (χ0n) is 21.2. The summed E-state index contributed by atoms with van der Waals surface area (Å²) in [5.74, 6) is 0.908. The van der Waals surface area contributed by atoms with Crippen LogP contribution >= 0.6 is 0 Å². The second-order valence-corrected chi connectivity index (χ2v) is 10.8. The van der Waals surface area contributed by atoms with Crippen LogP contribution < -0.4 is 5.32 Å². The molecule has 4 rings (SSSR count). The second-order valence-electron chi connectivity index (χ2n) is 10.8. The van der Waals surface area contributed by atoms with Crippen molar-refractivity contribution in [1.82, 2.24) is 15.1 Å². The maximum Gasteiger partial charge on any atom is 0.271 e. The maximum atomic E-state index is 13.5. The summed E-state index contributed by atoms with van der Waals surface area (Å²) in [7, 11) is 3.92. The molecule has 3 aliphatic carbocycles. The average Bonchev–Trinajstić information content (AvgIpc) is 2.94. The van der Waals surface area contributed by atoms with Gasteiger partial charge in [-0.3, -0.25) is 9.59 Å². The van der Waals surface area contributed by atoms with Crippen molar-refractivity contribution in [2.75, 3.05) is 14.1 Å². The molecule has 34 heavy (non-hydrogen) atoms. The van der Waals surface area contributed by atoms with E-state index in [4.69, 9.17) is 4.99 Å². The van der Waals surface area contributed by atoms with Crippen molar-refractivity contribution in [2.24, 2.45) is 16.3 Å². The van der Waals surface area contributed by atoms with E-state index in [0.717, 1.165) is 49.2 Å². The lowest BCUT2D eigenvalue weighted by atomic mass is 9.80. The predicted molar refractivity (Wildman–Crippen MR) is 137 cm³/mol. The molecular weight excluding hydrogens is 424 g/mol. The van der Waals surface area contributed by atoms with Gasteiger partial charge in [0, 0.05) is 37.8 Å². The molecule has 0 aromatic carbocycles. The first-order chi connectivity index (χ1) is 16.3. The van der Waals surface area contributed by atoms with Crippen molar-refractivity contribution in [3.8, 4) is 0 Å². The molecule has 6 heteroatoms. The number of nitrogens with zero attached hydrogens (tertiary/aromatic N) is 3. The molecule has 0 spiro atoms. The quantitative estimate of drug-likeness (QED) is 0.640. The molecule has 1 saturated carbocycles. The van der Waals surface area contributed by atoms with E-state index in [1.54, 1.807) is 4.90 Å². The van der Waals surface area contributed by atoms with Gasteiger partial charge in [0.05, 0.1) is 0 Å². The number of hydrogen-bond acceptors (Lipinski definition) is 4. The van der Waals surface area contributed by atoms with E-state index >= 15 is 0 Å². The average molecular weight is 465 g/mol. The summed E-state index contributed by atoms with van der Waals surface area (Å²) in [4.78, 5) is 35.4. The van der Waals surface area contributed by atoms with Crippen LogP contribution in [0, 0.1) is 11.3 Å². The number of nitrogens with one attached hydrogen (secondary N) is 1. The molecule has 1 heterocycles. The molecule has 1 aliphatic heterocycles. The minimum atomic E-state index is -0.901. The smallest absolute Gasteiger partial charge is 0.271 e. The van der Waals surface area contributed by atoms with Crippen LogP contribution in [0.1, 0.15) is 71.6 Å². The Morgan fingerprint density at radius 3 is 2.74 bits per heavy atom. The van der Waals surface area contributed by atoms with Gasteiger partial charge in [-0.2, -0.15) is 0 Å². The number of amides is 2. The lowest BCUT2D eigenvalue weighted by Gasteiger charge is -2.35. The van der Waals surface area contributed by atoms with Gasteiger partial charge in [0.15, 0.2) is 0 Å². The molecule has 4 aliphatic rings. The second kappa shape index (κ2) is 10.3. The molecule has 1 fully saturated rings. The number of carbonyl (C=O) groups excluding carboxylic acids is 2. The van der Waals surface area contributed by atoms with E-state index in [1.807, 2.05) is 19.2 Å². The lowest BCUT2D eigenvalue weighted by Crippen LogP contribution is -2.46. The van der Waals surface area contributed by atoms with E-state index in [1.165, 1.54) is 19.3 Å². The number of aliphatic imine (C=N–C) groups is 1. The van der Waals surface area contributed by atoms with Gasteiger partial charge < -0.3 is 15.1 Å². The molecule has 0 saturated heterocycles. The molecule has 0 bridgehead atoms. The van der Waals surface area contributed by atoms with Crippen LogP contribution in [0.3, 0.4) is 0 Å². The summed E-state index contributed by atoms with van der Waals surface area (Å²) in [6.45, 7) is 4.34. The van der Waals surface area contributed by atoms with Gasteiger partial charge in [0.1, 0.15) is 5.84 Å². The molecule has 1 N–H and O–H groups in total. The van der Waals surface area contributed by atoms with Gasteiger partial charge in [-0.1, -0.05) is 69.6 Å². The Kier molecular flexibility index (Phi) is 7.44. The molecule has 3 atom stereocenters. The Bertz CT molecular complexity index is 953. The summed E-state index contributed by atoms with van der Waals surface area (Å²) in [6.07, 6.45) is 20.7. The molecule has 184 valence electrons. The highest BCUT2D eigenvalue weighted by atomic mass is 16.2. The Hall–Kier alpha value is -2.63. The maximum absolute atomic E-state index is 13.5. The van der Waals surface area contributed by atoms with Crippen LogP contribution in [0.25, 0.3) is 0 Å². The Morgan fingerprint density at radius 1 is 1.26 bits per heavy atom. The first-order valence-electron chi connectivity index (χ1n) is 12.9. The van der Waals surface area contributed by atoms with Gasteiger partial charge >= 0.3 is 0 Å². The highest BCUT2D eigenvalue weighted by molar-refractivity contribution is 6.05. The van der Waals surface area contributed by atoms with Crippen molar-refractivity contribution < 1.29 is 9.59 Å². The molecule has 0 aromatic rings. The number of rotatable bonds is 5. The molecule has 6 nitrogen and oxygen atoms in total. The standard InChI is InChI=1S/C28H40N4O2/c1-20-13-14-22-23(19-20)32(4)27(34)25(30-26(22)31(3)21-11-7-5-8-12-21)29-24(33)15-18-28(2)16-9-6-10-17-28/h6,9-10,13-14,16,20-21,25H,5,7-8,11-12,15,17-19H2,1-4H3,(H,29,33). The fourth-order valence-corrected chi connectivity index (χ4v) is 5.52. The molecule has 3 unspecified atom stereocenters. The van der Waals surface area contributed by atoms with Crippen LogP contribution in [-0.4, -0.2) is 53.8 Å². The van der Waals surface area contributed by atoms with E-state index in [9.17, 15) is 9.59 Å². The van der Waals surface area contributed by atoms with Crippen LogP contribution in [0.2, 0.25) is 0 Å². The third-order valence-corrected chi connectivity index (χ3v) is 7.89. The summed E-state index contributed by atoms with van der Waals surface area (Å²) >= 11 is 0. The predicted octanol–water partition coefficient (Wildman–Crippen LogP) is 4.72. The number of amidine groups is 1. The molecule has 0 radical (unpaired) electrons. The van der Waals surface area contributed by atoms with Gasteiger partial charge in [-0.05, 0) is 43.4 Å². The van der Waals surface area contributed by atoms with E-state index in [2.05, 4.69) is 55.4 Å². The largest absolute Gasteiger partial charge is 0.356 e. The summed E-state index contributed by atoms with van der Waals surface area (Å²) in [5.41, 5.74) is 2.00. The van der Waals surface area contributed by atoms with E-state index < -0.39 is 6.17 Å². The Morgan fingerprint density at radius 2 is 2.03 bits per heavy atom. The van der Waals surface area contributed by atoms with Crippen molar-refractivity contribution in [2.45, 2.75) is 83.8 Å². The molecule has 2 amide bonds. The fraction of sp³-hybridized carbons (Fsp3) is 0.607. The number of likely N-dealkylation sites (N-methyl/N-ethyl adjacent to an activating group) is 2. The summed E-state index contributed by atoms with van der Waals surface area (Å²) < 4.78 is 0. The van der Waals surface area contributed by atoms with Gasteiger partial charge in [-0.25, -0.2) is 4.99 Å². The van der Waals surface area contributed by atoms with E-state index in [-0.39, 0.29) is 17.2 Å². The van der Waals surface area contributed by atoms with Crippen molar-refractivity contribution in [3.63, 3.8) is 0 Å². The number of allylic oxidation sites excluding steroid dienone is 6. The van der Waals surface area contributed by atoms with Crippen LogP contribution in [-0.2, 0) is 9.59 Å². The third-order valence-electron chi connectivity index (χ3n) is 7.89. The first kappa shape index (κ1) is 24.5. The Balaban J connectivity index is 1.56. The number of carbonyl (C=O) groups is 2. The molecule has 0 aromatic heterocycles.